The van der Waals surface area contributed by atoms with Crippen LogP contribution < -0.4 is 5.32 Å². The Morgan fingerprint density at radius 1 is 1.24 bits per heavy atom. The molecular formula is C17H24N2OS. The van der Waals surface area contributed by atoms with Crippen LogP contribution in [0.25, 0.3) is 0 Å². The Kier molecular flexibility index (Phi) is 4.86. The standard InChI is InChI=1S/C17H24N2OS/c1-19-10-8-15(9-11-19)21-16-7-3-6-14(12-16)18-17(20)13-4-2-5-13/h3,6-7,12-13,15H,2,4-5,8-11H2,1H3,(H,18,20). The lowest BCUT2D eigenvalue weighted by molar-refractivity contribution is -0.122. The number of carbonyl (C=O) groups excluding carboxylic acids is 1. The number of piperidine rings is 1. The molecule has 0 unspecified atom stereocenters. The minimum absolute atomic E-state index is 0.197. The van der Waals surface area contributed by atoms with E-state index in [0.717, 1.165) is 18.5 Å². The molecule has 1 N–H and O–H groups in total. The van der Waals surface area contributed by atoms with Crippen molar-refractivity contribution >= 4 is 23.4 Å². The van der Waals surface area contributed by atoms with Crippen molar-refractivity contribution in [1.82, 2.24) is 4.90 Å². The fourth-order valence-electron chi connectivity index (χ4n) is 2.86. The molecule has 1 aromatic rings. The number of carbonyl (C=O) groups is 1. The second-order valence-corrected chi connectivity index (χ2v) is 7.64. The Bertz CT molecular complexity index is 493. The van der Waals surface area contributed by atoms with E-state index in [1.54, 1.807) is 0 Å². The highest BCUT2D eigenvalue weighted by molar-refractivity contribution is 8.00. The summed E-state index contributed by atoms with van der Waals surface area (Å²) in [7, 11) is 2.19. The molecule has 0 radical (unpaired) electrons. The van der Waals surface area contributed by atoms with E-state index in [0.29, 0.717) is 5.25 Å². The summed E-state index contributed by atoms with van der Waals surface area (Å²) in [5, 5.41) is 3.78. The lowest BCUT2D eigenvalue weighted by Crippen LogP contribution is -2.31. The van der Waals surface area contributed by atoms with E-state index in [1.807, 2.05) is 23.9 Å². The van der Waals surface area contributed by atoms with Gasteiger partial charge in [-0.2, -0.15) is 0 Å². The average Bonchev–Trinajstić information content (AvgIpc) is 2.40. The summed E-state index contributed by atoms with van der Waals surface area (Å²) in [5.41, 5.74) is 0.949. The molecule has 0 spiro atoms. The minimum Gasteiger partial charge on any atom is -0.326 e. The normalized spacial score (nSPS) is 21.0. The summed E-state index contributed by atoms with van der Waals surface area (Å²) >= 11 is 1.96. The lowest BCUT2D eigenvalue weighted by atomic mass is 9.85. The molecule has 3 rings (SSSR count). The van der Waals surface area contributed by atoms with Crippen LogP contribution in [0.3, 0.4) is 0 Å². The Labute approximate surface area is 131 Å². The van der Waals surface area contributed by atoms with Crippen LogP contribution in [0.1, 0.15) is 32.1 Å². The van der Waals surface area contributed by atoms with Gasteiger partial charge >= 0.3 is 0 Å². The molecule has 0 atom stereocenters. The zero-order valence-corrected chi connectivity index (χ0v) is 13.5. The van der Waals surface area contributed by atoms with Gasteiger partial charge in [-0.05, 0) is 64.0 Å². The molecule has 1 saturated carbocycles. The molecule has 4 heteroatoms. The summed E-state index contributed by atoms with van der Waals surface area (Å²) in [6.45, 7) is 2.38. The van der Waals surface area contributed by atoms with Crippen molar-refractivity contribution in [1.29, 1.82) is 0 Å². The van der Waals surface area contributed by atoms with Gasteiger partial charge in [0.2, 0.25) is 5.91 Å². The third-order valence-electron chi connectivity index (χ3n) is 4.55. The third-order valence-corrected chi connectivity index (χ3v) is 5.88. The SMILES string of the molecule is CN1CCC(Sc2cccc(NC(=O)C3CCC3)c2)CC1. The molecule has 21 heavy (non-hydrogen) atoms. The summed E-state index contributed by atoms with van der Waals surface area (Å²) < 4.78 is 0. The summed E-state index contributed by atoms with van der Waals surface area (Å²) in [5.74, 6) is 0.442. The van der Waals surface area contributed by atoms with Crippen LogP contribution in [0, 0.1) is 5.92 Å². The molecule has 0 bridgehead atoms. The van der Waals surface area contributed by atoms with Crippen molar-refractivity contribution in [3.63, 3.8) is 0 Å². The second kappa shape index (κ2) is 6.84. The molecule has 114 valence electrons. The van der Waals surface area contributed by atoms with E-state index in [9.17, 15) is 4.79 Å². The molecule has 1 saturated heterocycles. The van der Waals surface area contributed by atoms with Gasteiger partial charge in [0.05, 0.1) is 0 Å². The van der Waals surface area contributed by atoms with Crippen LogP contribution in [0.15, 0.2) is 29.2 Å². The van der Waals surface area contributed by atoms with Gasteiger partial charge in [-0.15, -0.1) is 11.8 Å². The number of likely N-dealkylation sites (tertiary alicyclic amines) is 1. The number of benzene rings is 1. The van der Waals surface area contributed by atoms with E-state index >= 15 is 0 Å². The largest absolute Gasteiger partial charge is 0.326 e. The second-order valence-electron chi connectivity index (χ2n) is 6.27. The van der Waals surface area contributed by atoms with Crippen LogP contribution in [0.5, 0.6) is 0 Å². The highest BCUT2D eigenvalue weighted by atomic mass is 32.2. The maximum absolute atomic E-state index is 12.0. The first kappa shape index (κ1) is 14.9. The van der Waals surface area contributed by atoms with Crippen LogP contribution in [-0.2, 0) is 4.79 Å². The Hall–Kier alpha value is -1.00. The minimum atomic E-state index is 0.197. The molecular weight excluding hydrogens is 280 g/mol. The van der Waals surface area contributed by atoms with Gasteiger partial charge in [0, 0.05) is 21.8 Å². The van der Waals surface area contributed by atoms with Crippen molar-refractivity contribution in [2.24, 2.45) is 5.92 Å². The monoisotopic (exact) mass is 304 g/mol. The number of thioether (sulfide) groups is 1. The molecule has 2 aliphatic rings. The number of nitrogens with one attached hydrogen (secondary N) is 1. The molecule has 1 amide bonds. The van der Waals surface area contributed by atoms with Gasteiger partial charge in [0.1, 0.15) is 0 Å². The van der Waals surface area contributed by atoms with E-state index < -0.39 is 0 Å². The van der Waals surface area contributed by atoms with E-state index in [2.05, 4.69) is 29.4 Å². The van der Waals surface area contributed by atoms with Crippen molar-refractivity contribution in [2.45, 2.75) is 42.2 Å². The quantitative estimate of drug-likeness (QED) is 0.922. The number of amides is 1. The summed E-state index contributed by atoms with van der Waals surface area (Å²) in [4.78, 5) is 15.7. The fourth-order valence-corrected chi connectivity index (χ4v) is 4.04. The third kappa shape index (κ3) is 4.01. The van der Waals surface area contributed by atoms with Gasteiger partial charge in [-0.25, -0.2) is 0 Å². The molecule has 1 aliphatic heterocycles. The molecule has 0 aromatic heterocycles. The first-order valence-corrected chi connectivity index (χ1v) is 8.85. The zero-order chi connectivity index (χ0) is 14.7. The number of nitrogens with zero attached hydrogens (tertiary/aromatic N) is 1. The topological polar surface area (TPSA) is 32.3 Å². The first-order chi connectivity index (χ1) is 10.2. The molecule has 2 fully saturated rings. The van der Waals surface area contributed by atoms with Crippen molar-refractivity contribution in [2.75, 3.05) is 25.5 Å². The number of hydrogen-bond donors (Lipinski definition) is 1. The average molecular weight is 304 g/mol. The first-order valence-electron chi connectivity index (χ1n) is 7.97. The Balaban J connectivity index is 1.56. The number of hydrogen-bond acceptors (Lipinski definition) is 3. The predicted octanol–water partition coefficient (Wildman–Crippen LogP) is 3.61. The summed E-state index contributed by atoms with van der Waals surface area (Å²) in [6.07, 6.45) is 5.80. The smallest absolute Gasteiger partial charge is 0.227 e. The van der Waals surface area contributed by atoms with Gasteiger partial charge in [-0.1, -0.05) is 12.5 Å². The summed E-state index contributed by atoms with van der Waals surface area (Å²) in [6, 6.07) is 8.32. The van der Waals surface area contributed by atoms with Crippen LogP contribution in [0.2, 0.25) is 0 Å². The van der Waals surface area contributed by atoms with Gasteiger partial charge in [0.15, 0.2) is 0 Å². The van der Waals surface area contributed by atoms with Crippen molar-refractivity contribution in [3.8, 4) is 0 Å². The molecule has 1 aliphatic carbocycles. The molecule has 1 aromatic carbocycles. The van der Waals surface area contributed by atoms with Gasteiger partial charge in [0.25, 0.3) is 0 Å². The Morgan fingerprint density at radius 2 is 2.00 bits per heavy atom. The molecule has 1 heterocycles. The highest BCUT2D eigenvalue weighted by Crippen LogP contribution is 2.32. The number of anilines is 1. The fraction of sp³-hybridized carbons (Fsp3) is 0.588. The van der Waals surface area contributed by atoms with E-state index in [1.165, 1.54) is 37.2 Å². The lowest BCUT2D eigenvalue weighted by Gasteiger charge is -2.28. The maximum atomic E-state index is 12.0. The molecule has 3 nitrogen and oxygen atoms in total. The predicted molar refractivity (Wildman–Crippen MR) is 88.8 cm³/mol. The van der Waals surface area contributed by atoms with E-state index in [-0.39, 0.29) is 11.8 Å². The van der Waals surface area contributed by atoms with Crippen LogP contribution in [-0.4, -0.2) is 36.2 Å². The van der Waals surface area contributed by atoms with E-state index in [4.69, 9.17) is 0 Å². The van der Waals surface area contributed by atoms with Crippen molar-refractivity contribution < 1.29 is 4.79 Å². The van der Waals surface area contributed by atoms with Gasteiger partial charge < -0.3 is 10.2 Å². The number of rotatable bonds is 4. The highest BCUT2D eigenvalue weighted by Gasteiger charge is 2.25. The van der Waals surface area contributed by atoms with Crippen LogP contribution in [0.4, 0.5) is 5.69 Å². The Morgan fingerprint density at radius 3 is 2.67 bits per heavy atom. The zero-order valence-electron chi connectivity index (χ0n) is 12.7. The van der Waals surface area contributed by atoms with Crippen LogP contribution >= 0.6 is 11.8 Å². The van der Waals surface area contributed by atoms with Gasteiger partial charge in [-0.3, -0.25) is 4.79 Å². The maximum Gasteiger partial charge on any atom is 0.227 e. The van der Waals surface area contributed by atoms with Crippen molar-refractivity contribution in [3.05, 3.63) is 24.3 Å².